The Morgan fingerprint density at radius 1 is 1.47 bits per heavy atom. The molecule has 0 heterocycles. The summed E-state index contributed by atoms with van der Waals surface area (Å²) in [5.74, 6) is 0.137. The zero-order valence-corrected chi connectivity index (χ0v) is 10.2. The summed E-state index contributed by atoms with van der Waals surface area (Å²) in [5.41, 5.74) is 1.30. The van der Waals surface area contributed by atoms with E-state index in [2.05, 4.69) is 5.32 Å². The summed E-state index contributed by atoms with van der Waals surface area (Å²) >= 11 is 0. The van der Waals surface area contributed by atoms with Gasteiger partial charge in [0.05, 0.1) is 10.6 Å². The van der Waals surface area contributed by atoms with Crippen LogP contribution in [0.4, 0.5) is 11.4 Å². The van der Waals surface area contributed by atoms with E-state index in [0.29, 0.717) is 12.1 Å². The number of carbonyl (C=O) groups excluding carboxylic acids is 1. The molecule has 0 fully saturated rings. The number of non-ortho nitro benzene ring substituents is 1. The van der Waals surface area contributed by atoms with Gasteiger partial charge in [-0.3, -0.25) is 14.9 Å². The molecule has 1 rings (SSSR count). The number of anilines is 1. The average Bonchev–Trinajstić information content (AvgIpc) is 2.19. The Morgan fingerprint density at radius 2 is 2.12 bits per heavy atom. The molecule has 17 heavy (non-hydrogen) atoms. The molecular weight excluding hydrogens is 220 g/mol. The molecule has 0 atom stereocenters. The van der Waals surface area contributed by atoms with Crippen LogP contribution in [0.25, 0.3) is 0 Å². The van der Waals surface area contributed by atoms with Gasteiger partial charge in [-0.25, -0.2) is 0 Å². The zero-order chi connectivity index (χ0) is 13.0. The van der Waals surface area contributed by atoms with Crippen LogP contribution < -0.4 is 5.32 Å². The third kappa shape index (κ3) is 3.86. The molecule has 1 aromatic rings. The van der Waals surface area contributed by atoms with E-state index in [1.807, 2.05) is 13.8 Å². The Hall–Kier alpha value is -1.91. The standard InChI is InChI=1S/C12H16N2O3/c1-8(2)6-12(15)13-11-7-10(14(16)17)5-4-9(11)3/h4-5,7-8H,6H2,1-3H3,(H,13,15). The molecule has 92 valence electrons. The number of nitro groups is 1. The van der Waals surface area contributed by atoms with E-state index in [1.165, 1.54) is 12.1 Å². The third-order valence-electron chi connectivity index (χ3n) is 2.30. The highest BCUT2D eigenvalue weighted by Gasteiger charge is 2.11. The quantitative estimate of drug-likeness (QED) is 0.645. The predicted octanol–water partition coefficient (Wildman–Crippen LogP) is 2.89. The highest BCUT2D eigenvalue weighted by molar-refractivity contribution is 5.91. The van der Waals surface area contributed by atoms with Gasteiger partial charge >= 0.3 is 0 Å². The molecule has 0 radical (unpaired) electrons. The molecule has 0 unspecified atom stereocenters. The van der Waals surface area contributed by atoms with E-state index in [4.69, 9.17) is 0 Å². The van der Waals surface area contributed by atoms with Crippen molar-refractivity contribution in [3.63, 3.8) is 0 Å². The number of amides is 1. The van der Waals surface area contributed by atoms with E-state index in [9.17, 15) is 14.9 Å². The van der Waals surface area contributed by atoms with E-state index in [0.717, 1.165) is 5.56 Å². The van der Waals surface area contributed by atoms with E-state index in [-0.39, 0.29) is 17.5 Å². The van der Waals surface area contributed by atoms with Gasteiger partial charge in [-0.15, -0.1) is 0 Å². The van der Waals surface area contributed by atoms with Crippen LogP contribution in [0, 0.1) is 23.0 Å². The van der Waals surface area contributed by atoms with E-state index < -0.39 is 4.92 Å². The number of nitro benzene ring substituents is 1. The van der Waals surface area contributed by atoms with Crippen LogP contribution in [0.5, 0.6) is 0 Å². The van der Waals surface area contributed by atoms with Crippen molar-refractivity contribution in [2.24, 2.45) is 5.92 Å². The number of benzene rings is 1. The van der Waals surface area contributed by atoms with Crippen molar-refractivity contribution in [3.05, 3.63) is 33.9 Å². The van der Waals surface area contributed by atoms with Gasteiger partial charge in [0.15, 0.2) is 0 Å². The highest BCUT2D eigenvalue weighted by Crippen LogP contribution is 2.22. The third-order valence-corrected chi connectivity index (χ3v) is 2.30. The second-order valence-corrected chi connectivity index (χ2v) is 4.40. The van der Waals surface area contributed by atoms with Crippen LogP contribution in [0.1, 0.15) is 25.8 Å². The maximum absolute atomic E-state index is 11.6. The Morgan fingerprint density at radius 3 is 2.65 bits per heavy atom. The summed E-state index contributed by atoms with van der Waals surface area (Å²) in [4.78, 5) is 21.7. The predicted molar refractivity (Wildman–Crippen MR) is 65.9 cm³/mol. The van der Waals surface area contributed by atoms with Crippen LogP contribution in [0.15, 0.2) is 18.2 Å². The summed E-state index contributed by atoms with van der Waals surface area (Å²) in [6, 6.07) is 4.43. The average molecular weight is 236 g/mol. The Balaban J connectivity index is 2.86. The summed E-state index contributed by atoms with van der Waals surface area (Å²) in [5, 5.41) is 13.3. The molecule has 0 aliphatic carbocycles. The van der Waals surface area contributed by atoms with Gasteiger partial charge in [0.2, 0.25) is 5.91 Å². The second-order valence-electron chi connectivity index (χ2n) is 4.40. The molecule has 0 aliphatic rings. The minimum Gasteiger partial charge on any atom is -0.326 e. The van der Waals surface area contributed by atoms with Crippen molar-refractivity contribution in [2.75, 3.05) is 5.32 Å². The summed E-state index contributed by atoms with van der Waals surface area (Å²) in [6.45, 7) is 5.69. The summed E-state index contributed by atoms with van der Waals surface area (Å²) in [6.07, 6.45) is 0.405. The monoisotopic (exact) mass is 236 g/mol. The molecule has 1 N–H and O–H groups in total. The Labute approximate surface area is 100.0 Å². The van der Waals surface area contributed by atoms with Gasteiger partial charge in [0.25, 0.3) is 5.69 Å². The number of carbonyl (C=O) groups is 1. The van der Waals surface area contributed by atoms with Gasteiger partial charge in [-0.05, 0) is 18.4 Å². The molecule has 0 saturated carbocycles. The molecule has 1 aromatic carbocycles. The Bertz CT molecular complexity index is 441. The van der Waals surface area contributed by atoms with Gasteiger partial charge in [0.1, 0.15) is 0 Å². The fourth-order valence-corrected chi connectivity index (χ4v) is 1.43. The van der Waals surface area contributed by atoms with Crippen LogP contribution in [-0.2, 0) is 4.79 Å². The van der Waals surface area contributed by atoms with Gasteiger partial charge in [-0.1, -0.05) is 19.9 Å². The normalized spacial score (nSPS) is 10.4. The fraction of sp³-hybridized carbons (Fsp3) is 0.417. The first-order valence-electron chi connectivity index (χ1n) is 5.45. The molecule has 1 amide bonds. The number of aryl methyl sites for hydroxylation is 1. The number of hydrogen-bond acceptors (Lipinski definition) is 3. The van der Waals surface area contributed by atoms with Gasteiger partial charge < -0.3 is 5.32 Å². The van der Waals surface area contributed by atoms with Gasteiger partial charge in [-0.2, -0.15) is 0 Å². The zero-order valence-electron chi connectivity index (χ0n) is 10.2. The number of rotatable bonds is 4. The van der Waals surface area contributed by atoms with Crippen molar-refractivity contribution in [1.29, 1.82) is 0 Å². The highest BCUT2D eigenvalue weighted by atomic mass is 16.6. The summed E-state index contributed by atoms with van der Waals surface area (Å²) in [7, 11) is 0. The lowest BCUT2D eigenvalue weighted by molar-refractivity contribution is -0.384. The lowest BCUT2D eigenvalue weighted by atomic mass is 10.1. The van der Waals surface area contributed by atoms with Crippen LogP contribution in [0.3, 0.4) is 0 Å². The maximum Gasteiger partial charge on any atom is 0.271 e. The van der Waals surface area contributed by atoms with Crippen molar-refractivity contribution >= 4 is 17.3 Å². The van der Waals surface area contributed by atoms with Crippen molar-refractivity contribution in [2.45, 2.75) is 27.2 Å². The summed E-state index contributed by atoms with van der Waals surface area (Å²) < 4.78 is 0. The fourth-order valence-electron chi connectivity index (χ4n) is 1.43. The smallest absolute Gasteiger partial charge is 0.271 e. The van der Waals surface area contributed by atoms with E-state index in [1.54, 1.807) is 13.0 Å². The molecule has 0 bridgehead atoms. The van der Waals surface area contributed by atoms with Crippen LogP contribution in [0.2, 0.25) is 0 Å². The number of nitrogens with zero attached hydrogens (tertiary/aromatic N) is 1. The number of nitrogens with one attached hydrogen (secondary N) is 1. The minimum atomic E-state index is -0.475. The lowest BCUT2D eigenvalue weighted by Gasteiger charge is -2.09. The lowest BCUT2D eigenvalue weighted by Crippen LogP contribution is -2.14. The van der Waals surface area contributed by atoms with Crippen molar-refractivity contribution in [1.82, 2.24) is 0 Å². The van der Waals surface area contributed by atoms with Gasteiger partial charge in [0, 0.05) is 18.6 Å². The molecule has 0 aromatic heterocycles. The molecular formula is C12H16N2O3. The van der Waals surface area contributed by atoms with Crippen molar-refractivity contribution < 1.29 is 9.72 Å². The second kappa shape index (κ2) is 5.43. The van der Waals surface area contributed by atoms with E-state index >= 15 is 0 Å². The molecule has 5 nitrogen and oxygen atoms in total. The minimum absolute atomic E-state index is 0.0181. The van der Waals surface area contributed by atoms with Crippen LogP contribution >= 0.6 is 0 Å². The maximum atomic E-state index is 11.6. The first-order valence-corrected chi connectivity index (χ1v) is 5.45. The first kappa shape index (κ1) is 13.2. The van der Waals surface area contributed by atoms with Crippen molar-refractivity contribution in [3.8, 4) is 0 Å². The number of hydrogen-bond donors (Lipinski definition) is 1. The largest absolute Gasteiger partial charge is 0.326 e. The first-order chi connectivity index (χ1) is 7.90. The topological polar surface area (TPSA) is 72.2 Å². The molecule has 0 saturated heterocycles. The van der Waals surface area contributed by atoms with Crippen LogP contribution in [-0.4, -0.2) is 10.8 Å². The molecule has 0 aliphatic heterocycles. The Kier molecular flexibility index (Phi) is 4.20. The molecule has 0 spiro atoms. The molecule has 5 heteroatoms. The SMILES string of the molecule is Cc1ccc([N+](=O)[O-])cc1NC(=O)CC(C)C.